The highest BCUT2D eigenvalue weighted by molar-refractivity contribution is 5.76. The van der Waals surface area contributed by atoms with Gasteiger partial charge in [-0.15, -0.1) is 0 Å². The van der Waals surface area contributed by atoms with Gasteiger partial charge in [0.2, 0.25) is 5.91 Å². The first-order valence-corrected chi connectivity index (χ1v) is 16.7. The van der Waals surface area contributed by atoms with Gasteiger partial charge in [-0.3, -0.25) is 4.79 Å². The Hall–Kier alpha value is -1.51. The molecule has 220 valence electrons. The maximum Gasteiger partial charge on any atom is 0.220 e. The molecule has 0 spiro atoms. The van der Waals surface area contributed by atoms with Gasteiger partial charge >= 0.3 is 0 Å². The summed E-state index contributed by atoms with van der Waals surface area (Å²) in [6.45, 7) is 20.9. The number of allylic oxidation sites excluding steroid dienone is 3. The summed E-state index contributed by atoms with van der Waals surface area (Å²) in [5.74, 6) is 3.72. The molecule has 0 aromatic heterocycles. The van der Waals surface area contributed by atoms with Gasteiger partial charge < -0.3 is 10.2 Å². The van der Waals surface area contributed by atoms with Gasteiger partial charge in [0.25, 0.3) is 0 Å². The molecule has 1 heterocycles. The Bertz CT molecular complexity index is 861. The van der Waals surface area contributed by atoms with Crippen molar-refractivity contribution in [2.45, 2.75) is 148 Å². The molecule has 2 bridgehead atoms. The minimum absolute atomic E-state index is 0.131. The van der Waals surface area contributed by atoms with Crippen LogP contribution in [0.3, 0.4) is 0 Å². The number of nitrogens with zero attached hydrogens (tertiary/aromatic N) is 1. The maximum atomic E-state index is 13.0. The molecule has 3 saturated carbocycles. The van der Waals surface area contributed by atoms with Gasteiger partial charge in [0.15, 0.2) is 0 Å². The van der Waals surface area contributed by atoms with E-state index in [2.05, 4.69) is 50.7 Å². The Morgan fingerprint density at radius 1 is 0.846 bits per heavy atom. The summed E-state index contributed by atoms with van der Waals surface area (Å²) >= 11 is 0. The number of amides is 1. The largest absolute Gasteiger partial charge is 0.369 e. The van der Waals surface area contributed by atoms with Crippen LogP contribution in [0.4, 0.5) is 0 Å². The van der Waals surface area contributed by atoms with Crippen molar-refractivity contribution in [1.29, 1.82) is 0 Å². The maximum absolute atomic E-state index is 13.0. The fourth-order valence-corrected chi connectivity index (χ4v) is 9.13. The fraction of sp³-hybridized carbons (Fsp3) is 0.806. The smallest absolute Gasteiger partial charge is 0.220 e. The number of likely N-dealkylation sites (tertiary alicyclic amines) is 1. The molecule has 3 heteroatoms. The third-order valence-corrected chi connectivity index (χ3v) is 11.5. The molecule has 4 rings (SSSR count). The van der Waals surface area contributed by atoms with E-state index in [0.717, 1.165) is 62.3 Å². The van der Waals surface area contributed by atoms with Crippen molar-refractivity contribution in [2.24, 2.45) is 29.1 Å². The Labute approximate surface area is 241 Å². The highest BCUT2D eigenvalue weighted by Crippen LogP contribution is 2.53. The van der Waals surface area contributed by atoms with E-state index in [1.165, 1.54) is 88.3 Å². The van der Waals surface area contributed by atoms with Crippen LogP contribution in [0.15, 0.2) is 37.1 Å². The lowest BCUT2D eigenvalue weighted by atomic mass is 9.70. The number of nitrogens with one attached hydrogen (secondary N) is 1. The number of hydrogen-bond donors (Lipinski definition) is 1. The molecule has 1 N–H and O–H groups in total. The highest BCUT2D eigenvalue weighted by atomic mass is 16.1. The summed E-state index contributed by atoms with van der Waals surface area (Å²) in [5.41, 5.74) is 2.95. The zero-order chi connectivity index (χ0) is 28.0. The predicted octanol–water partition coefficient (Wildman–Crippen LogP) is 9.36. The minimum atomic E-state index is 0.131. The number of fused-ring (bicyclic) bond motifs is 2. The molecule has 3 nitrogen and oxygen atoms in total. The first kappa shape index (κ1) is 30.4. The third kappa shape index (κ3) is 8.26. The molecule has 3 atom stereocenters. The quantitative estimate of drug-likeness (QED) is 0.238. The lowest BCUT2D eigenvalue weighted by Crippen LogP contribution is -2.49. The second-order valence-electron chi connectivity index (χ2n) is 15.0. The van der Waals surface area contributed by atoms with Gasteiger partial charge in [-0.1, -0.05) is 103 Å². The SMILES string of the molecule is C=CC(=C)CCC1CCC(CCC(=C)N2CC3(C)CC(NC(=O)CCC4CCC(CC)CC4)CC2(C)C3)CC1. The lowest BCUT2D eigenvalue weighted by molar-refractivity contribution is -0.122. The first-order chi connectivity index (χ1) is 18.6. The first-order valence-electron chi connectivity index (χ1n) is 16.7. The van der Waals surface area contributed by atoms with Gasteiger partial charge in [-0.25, -0.2) is 0 Å². The van der Waals surface area contributed by atoms with Crippen molar-refractivity contribution in [2.75, 3.05) is 6.54 Å². The molecule has 4 aliphatic rings. The highest BCUT2D eigenvalue weighted by Gasteiger charge is 2.54. The molecule has 0 aromatic rings. The van der Waals surface area contributed by atoms with Crippen LogP contribution in [0.5, 0.6) is 0 Å². The fourth-order valence-electron chi connectivity index (χ4n) is 9.13. The van der Waals surface area contributed by atoms with Crippen molar-refractivity contribution < 1.29 is 4.79 Å². The summed E-state index contributed by atoms with van der Waals surface area (Å²) in [4.78, 5) is 15.6. The van der Waals surface area contributed by atoms with E-state index >= 15 is 0 Å². The Kier molecular flexibility index (Phi) is 10.5. The molecule has 3 aliphatic carbocycles. The van der Waals surface area contributed by atoms with Crippen LogP contribution in [0.25, 0.3) is 0 Å². The van der Waals surface area contributed by atoms with E-state index in [0.29, 0.717) is 18.4 Å². The minimum Gasteiger partial charge on any atom is -0.369 e. The molecule has 3 unspecified atom stereocenters. The topological polar surface area (TPSA) is 32.3 Å². The Morgan fingerprint density at radius 3 is 1.95 bits per heavy atom. The van der Waals surface area contributed by atoms with Crippen molar-refractivity contribution >= 4 is 5.91 Å². The van der Waals surface area contributed by atoms with Crippen LogP contribution >= 0.6 is 0 Å². The van der Waals surface area contributed by atoms with Crippen LogP contribution in [-0.2, 0) is 4.79 Å². The molecule has 0 aromatic carbocycles. The zero-order valence-electron chi connectivity index (χ0n) is 25.9. The number of carbonyl (C=O) groups is 1. The average Bonchev–Trinajstić information content (AvgIpc) is 3.13. The Morgan fingerprint density at radius 2 is 1.38 bits per heavy atom. The molecule has 39 heavy (non-hydrogen) atoms. The van der Waals surface area contributed by atoms with Crippen LogP contribution < -0.4 is 5.32 Å². The molecule has 1 amide bonds. The van der Waals surface area contributed by atoms with Gasteiger partial charge in [-0.2, -0.15) is 0 Å². The van der Waals surface area contributed by atoms with Gasteiger partial charge in [0, 0.05) is 30.2 Å². The average molecular weight is 537 g/mol. The predicted molar refractivity (Wildman–Crippen MR) is 166 cm³/mol. The molecule has 1 aliphatic heterocycles. The van der Waals surface area contributed by atoms with Gasteiger partial charge in [0.1, 0.15) is 0 Å². The van der Waals surface area contributed by atoms with Crippen LogP contribution in [0.2, 0.25) is 0 Å². The lowest BCUT2D eigenvalue weighted by Gasteiger charge is -2.43. The molecular weight excluding hydrogens is 476 g/mol. The normalized spacial score (nSPS) is 36.4. The summed E-state index contributed by atoms with van der Waals surface area (Å²) in [6, 6.07) is 0.308. The molecule has 1 saturated heterocycles. The second-order valence-corrected chi connectivity index (χ2v) is 15.0. The van der Waals surface area contributed by atoms with E-state index in [1.807, 2.05) is 6.08 Å². The molecule has 0 radical (unpaired) electrons. The second kappa shape index (κ2) is 13.4. The van der Waals surface area contributed by atoms with Crippen LogP contribution in [0.1, 0.15) is 136 Å². The van der Waals surface area contributed by atoms with E-state index < -0.39 is 0 Å². The molecule has 4 fully saturated rings. The van der Waals surface area contributed by atoms with E-state index in [1.54, 1.807) is 0 Å². The van der Waals surface area contributed by atoms with Crippen molar-refractivity contribution in [3.8, 4) is 0 Å². The van der Waals surface area contributed by atoms with E-state index in [-0.39, 0.29) is 11.0 Å². The number of hydrogen-bond acceptors (Lipinski definition) is 2. The zero-order valence-corrected chi connectivity index (χ0v) is 25.9. The van der Waals surface area contributed by atoms with Crippen LogP contribution in [-0.4, -0.2) is 28.9 Å². The summed E-state index contributed by atoms with van der Waals surface area (Å²) in [6.07, 6.45) is 24.2. The van der Waals surface area contributed by atoms with Crippen molar-refractivity contribution in [3.63, 3.8) is 0 Å². The molecular formula is C36H60N2O. The van der Waals surface area contributed by atoms with Crippen molar-refractivity contribution in [3.05, 3.63) is 37.1 Å². The van der Waals surface area contributed by atoms with Gasteiger partial charge in [0.05, 0.1) is 0 Å². The standard InChI is InChI=1S/C36H60N2O/c1-7-27(3)9-11-30-17-19-31(20-18-30)12-10-28(4)38-26-35(5)23-33(24-36(38,6)25-35)37-34(39)22-21-32-15-13-29(8-2)14-16-32/h7,29-33H,1,3-4,8-26H2,2,5-6H3,(H,37,39). The summed E-state index contributed by atoms with van der Waals surface area (Å²) in [7, 11) is 0. The van der Waals surface area contributed by atoms with E-state index in [4.69, 9.17) is 0 Å². The number of carbonyl (C=O) groups excluding carboxylic acids is 1. The monoisotopic (exact) mass is 536 g/mol. The van der Waals surface area contributed by atoms with Crippen LogP contribution in [0, 0.1) is 29.1 Å². The van der Waals surface area contributed by atoms with E-state index in [9.17, 15) is 4.79 Å². The summed E-state index contributed by atoms with van der Waals surface area (Å²) < 4.78 is 0. The van der Waals surface area contributed by atoms with Crippen molar-refractivity contribution in [1.82, 2.24) is 10.2 Å². The number of rotatable bonds is 13. The summed E-state index contributed by atoms with van der Waals surface area (Å²) in [5, 5.41) is 3.49. The third-order valence-electron chi connectivity index (χ3n) is 11.5. The Balaban J connectivity index is 1.19. The van der Waals surface area contributed by atoms with Gasteiger partial charge in [-0.05, 0) is 87.4 Å².